The Balaban J connectivity index is 2.16. The summed E-state index contributed by atoms with van der Waals surface area (Å²) in [6.45, 7) is 3.66. The van der Waals surface area contributed by atoms with E-state index in [-0.39, 0.29) is 5.25 Å². The molecule has 0 saturated carbocycles. The summed E-state index contributed by atoms with van der Waals surface area (Å²) < 4.78 is 12.2. The SMILES string of the molecule is Cc1cnc([S@](=O)C2CCNCC2)nc1Cl. The van der Waals surface area contributed by atoms with Crippen LogP contribution in [0.1, 0.15) is 18.4 Å². The van der Waals surface area contributed by atoms with Crippen LogP contribution in [0.4, 0.5) is 0 Å². The maximum atomic E-state index is 12.2. The van der Waals surface area contributed by atoms with E-state index >= 15 is 0 Å². The Labute approximate surface area is 102 Å². The lowest BCUT2D eigenvalue weighted by Crippen LogP contribution is -2.33. The molecule has 0 aromatic carbocycles. The number of nitrogens with one attached hydrogen (secondary N) is 1. The summed E-state index contributed by atoms with van der Waals surface area (Å²) in [5, 5.41) is 4.15. The number of nitrogens with zero attached hydrogens (tertiary/aromatic N) is 2. The van der Waals surface area contributed by atoms with Crippen LogP contribution in [0.2, 0.25) is 5.15 Å². The predicted octanol–water partition coefficient (Wildman–Crippen LogP) is 1.30. The summed E-state index contributed by atoms with van der Waals surface area (Å²) in [7, 11) is -1.14. The molecule has 1 aromatic rings. The molecule has 0 unspecified atom stereocenters. The smallest absolute Gasteiger partial charge is 0.220 e. The second kappa shape index (κ2) is 5.21. The van der Waals surface area contributed by atoms with Crippen LogP contribution in [0.3, 0.4) is 0 Å². The molecule has 1 fully saturated rings. The molecule has 1 saturated heterocycles. The third-order valence-corrected chi connectivity index (χ3v) is 4.67. The highest BCUT2D eigenvalue weighted by atomic mass is 35.5. The highest BCUT2D eigenvalue weighted by molar-refractivity contribution is 7.85. The van der Waals surface area contributed by atoms with Crippen molar-refractivity contribution in [3.8, 4) is 0 Å². The number of rotatable bonds is 2. The Morgan fingerprint density at radius 3 is 2.81 bits per heavy atom. The molecule has 2 heterocycles. The van der Waals surface area contributed by atoms with E-state index in [1.807, 2.05) is 6.92 Å². The second-order valence-electron chi connectivity index (χ2n) is 3.87. The molecule has 0 bridgehead atoms. The Morgan fingerprint density at radius 2 is 2.19 bits per heavy atom. The summed E-state index contributed by atoms with van der Waals surface area (Å²) in [5.74, 6) is 0. The van der Waals surface area contributed by atoms with Crippen molar-refractivity contribution in [3.05, 3.63) is 16.9 Å². The first kappa shape index (κ1) is 12.0. The first-order chi connectivity index (χ1) is 7.68. The standard InChI is InChI=1S/C10H14ClN3OS/c1-7-6-13-10(14-9(7)11)16(15)8-2-4-12-5-3-8/h6,8,12H,2-5H2,1H3/t16-/m1/s1. The molecule has 1 N–H and O–H groups in total. The van der Waals surface area contributed by atoms with Gasteiger partial charge in [-0.05, 0) is 32.9 Å². The molecular formula is C10H14ClN3OS. The average Bonchev–Trinajstić information content (AvgIpc) is 2.33. The van der Waals surface area contributed by atoms with Gasteiger partial charge in [-0.2, -0.15) is 0 Å². The monoisotopic (exact) mass is 259 g/mol. The van der Waals surface area contributed by atoms with Crippen LogP contribution in [0, 0.1) is 6.92 Å². The van der Waals surface area contributed by atoms with Gasteiger partial charge in [0.25, 0.3) is 0 Å². The fourth-order valence-corrected chi connectivity index (χ4v) is 3.14. The van der Waals surface area contributed by atoms with E-state index in [9.17, 15) is 4.21 Å². The fourth-order valence-electron chi connectivity index (χ4n) is 1.66. The van der Waals surface area contributed by atoms with Gasteiger partial charge in [0.05, 0.1) is 10.8 Å². The average molecular weight is 260 g/mol. The third kappa shape index (κ3) is 2.59. The van der Waals surface area contributed by atoms with Crippen LogP contribution in [0.15, 0.2) is 11.4 Å². The molecule has 1 aromatic heterocycles. The van der Waals surface area contributed by atoms with Crippen LogP contribution in [-0.4, -0.2) is 32.5 Å². The van der Waals surface area contributed by atoms with E-state index in [0.29, 0.717) is 10.3 Å². The van der Waals surface area contributed by atoms with Gasteiger partial charge in [-0.25, -0.2) is 9.97 Å². The Bertz CT molecular complexity index is 407. The molecule has 0 spiro atoms. The van der Waals surface area contributed by atoms with E-state index in [0.717, 1.165) is 31.5 Å². The molecule has 1 atom stereocenters. The van der Waals surface area contributed by atoms with Crippen molar-refractivity contribution in [3.63, 3.8) is 0 Å². The molecule has 1 aliphatic heterocycles. The van der Waals surface area contributed by atoms with Gasteiger partial charge in [0.15, 0.2) is 0 Å². The van der Waals surface area contributed by atoms with Gasteiger partial charge in [0.2, 0.25) is 5.16 Å². The lowest BCUT2D eigenvalue weighted by atomic mass is 10.2. The molecule has 2 rings (SSSR count). The maximum Gasteiger partial charge on any atom is 0.220 e. The zero-order valence-corrected chi connectivity index (χ0v) is 10.6. The Morgan fingerprint density at radius 1 is 1.50 bits per heavy atom. The van der Waals surface area contributed by atoms with Gasteiger partial charge in [0.1, 0.15) is 5.15 Å². The van der Waals surface area contributed by atoms with Gasteiger partial charge in [-0.3, -0.25) is 4.21 Å². The zero-order chi connectivity index (χ0) is 11.5. The highest BCUT2D eigenvalue weighted by Gasteiger charge is 2.23. The molecule has 16 heavy (non-hydrogen) atoms. The van der Waals surface area contributed by atoms with Crippen molar-refractivity contribution in [2.24, 2.45) is 0 Å². The molecule has 0 radical (unpaired) electrons. The number of piperidine rings is 1. The number of hydrogen-bond acceptors (Lipinski definition) is 4. The van der Waals surface area contributed by atoms with E-state index in [1.54, 1.807) is 6.20 Å². The quantitative estimate of drug-likeness (QED) is 0.643. The van der Waals surface area contributed by atoms with Crippen LogP contribution < -0.4 is 5.32 Å². The largest absolute Gasteiger partial charge is 0.317 e. The van der Waals surface area contributed by atoms with Crippen molar-refractivity contribution < 1.29 is 4.21 Å². The van der Waals surface area contributed by atoms with Crippen molar-refractivity contribution in [1.29, 1.82) is 0 Å². The van der Waals surface area contributed by atoms with Crippen LogP contribution in [0.25, 0.3) is 0 Å². The van der Waals surface area contributed by atoms with E-state index < -0.39 is 10.8 Å². The first-order valence-electron chi connectivity index (χ1n) is 5.29. The molecule has 1 aliphatic rings. The molecule has 6 heteroatoms. The van der Waals surface area contributed by atoms with Gasteiger partial charge in [-0.15, -0.1) is 0 Å². The Hall–Kier alpha value is -0.520. The van der Waals surface area contributed by atoms with Gasteiger partial charge in [0, 0.05) is 17.0 Å². The molecular weight excluding hydrogens is 246 g/mol. The summed E-state index contributed by atoms with van der Waals surface area (Å²) in [6, 6.07) is 0. The topological polar surface area (TPSA) is 54.9 Å². The molecule has 88 valence electrons. The van der Waals surface area contributed by atoms with Crippen molar-refractivity contribution in [2.75, 3.05) is 13.1 Å². The molecule has 4 nitrogen and oxygen atoms in total. The fraction of sp³-hybridized carbons (Fsp3) is 0.600. The first-order valence-corrected chi connectivity index (χ1v) is 6.88. The molecule has 0 aliphatic carbocycles. The summed E-state index contributed by atoms with van der Waals surface area (Å²) in [4.78, 5) is 8.18. The van der Waals surface area contributed by atoms with Gasteiger partial charge in [-0.1, -0.05) is 11.6 Å². The van der Waals surface area contributed by atoms with Gasteiger partial charge >= 0.3 is 0 Å². The Kier molecular flexibility index (Phi) is 3.89. The minimum atomic E-state index is -1.14. The lowest BCUT2D eigenvalue weighted by Gasteiger charge is -2.21. The number of aromatic nitrogens is 2. The summed E-state index contributed by atoms with van der Waals surface area (Å²) in [6.07, 6.45) is 3.44. The number of hydrogen-bond donors (Lipinski definition) is 1. The van der Waals surface area contributed by atoms with E-state index in [4.69, 9.17) is 11.6 Å². The number of halogens is 1. The lowest BCUT2D eigenvalue weighted by molar-refractivity contribution is 0.517. The van der Waals surface area contributed by atoms with Crippen LogP contribution in [-0.2, 0) is 10.8 Å². The van der Waals surface area contributed by atoms with Crippen molar-refractivity contribution >= 4 is 22.4 Å². The van der Waals surface area contributed by atoms with Crippen LogP contribution >= 0.6 is 11.6 Å². The predicted molar refractivity (Wildman–Crippen MR) is 64.1 cm³/mol. The zero-order valence-electron chi connectivity index (χ0n) is 9.07. The van der Waals surface area contributed by atoms with Crippen molar-refractivity contribution in [2.45, 2.75) is 30.2 Å². The summed E-state index contributed by atoms with van der Waals surface area (Å²) in [5.41, 5.74) is 0.813. The number of aryl methyl sites for hydroxylation is 1. The second-order valence-corrected chi connectivity index (χ2v) is 5.86. The van der Waals surface area contributed by atoms with Gasteiger partial charge < -0.3 is 5.32 Å². The minimum absolute atomic E-state index is 0.153. The van der Waals surface area contributed by atoms with E-state index in [1.165, 1.54) is 0 Å². The normalized spacial score (nSPS) is 19.6. The third-order valence-electron chi connectivity index (χ3n) is 2.66. The highest BCUT2D eigenvalue weighted by Crippen LogP contribution is 2.18. The maximum absolute atomic E-state index is 12.2. The minimum Gasteiger partial charge on any atom is -0.317 e. The van der Waals surface area contributed by atoms with Crippen molar-refractivity contribution in [1.82, 2.24) is 15.3 Å². The summed E-state index contributed by atoms with van der Waals surface area (Å²) >= 11 is 5.90. The van der Waals surface area contributed by atoms with E-state index in [2.05, 4.69) is 15.3 Å². The molecule has 0 amide bonds. The van der Waals surface area contributed by atoms with Crippen LogP contribution in [0.5, 0.6) is 0 Å².